The summed E-state index contributed by atoms with van der Waals surface area (Å²) in [5, 5.41) is 32.7. The molecule has 3 N–H and O–H groups in total. The minimum atomic E-state index is -0.778. The number of methoxy groups -OCH3 is 1. The molecule has 0 aliphatic heterocycles. The van der Waals surface area contributed by atoms with Crippen molar-refractivity contribution in [3.63, 3.8) is 0 Å². The number of hydrogen-bond acceptors (Lipinski definition) is 7. The number of para-hydroxylation sites is 2. The van der Waals surface area contributed by atoms with Gasteiger partial charge in [0.1, 0.15) is 6.61 Å². The number of aliphatic hydroxyl groups excluding tert-OH is 2. The number of carboxylic acids is 1. The summed E-state index contributed by atoms with van der Waals surface area (Å²) >= 11 is 0. The van der Waals surface area contributed by atoms with E-state index in [0.29, 0.717) is 37.2 Å². The molecule has 1 aromatic rings. The maximum atomic E-state index is 11.3. The molecule has 0 bridgehead atoms. The third kappa shape index (κ3) is 8.10. The number of nitrogens with zero attached hydrogens (tertiary/aromatic N) is 1. The minimum Gasteiger partial charge on any atom is -0.493 e. The lowest BCUT2D eigenvalue weighted by molar-refractivity contribution is -0.137. The second-order valence-corrected chi connectivity index (χ2v) is 8.34. The highest BCUT2D eigenvalue weighted by Crippen LogP contribution is 2.40. The Labute approximate surface area is 183 Å². The number of ether oxygens (including phenoxy) is 2. The van der Waals surface area contributed by atoms with Gasteiger partial charge in [-0.05, 0) is 56.1 Å². The van der Waals surface area contributed by atoms with Crippen molar-refractivity contribution in [3.8, 4) is 11.5 Å². The van der Waals surface area contributed by atoms with Crippen molar-refractivity contribution in [3.05, 3.63) is 29.2 Å². The van der Waals surface area contributed by atoms with E-state index in [-0.39, 0.29) is 24.9 Å². The standard InChI is InChI=1S/C23H35NO7/c1-30-21-9-6-7-10-22(21)31-15-16(25)12-13-17-18(20(26)14-19(17)24-29)8-4-2-3-5-11-23(27)28/h6-7,9-10,16-20,25-26H,2-5,8,11-15H2,1H3,(H,27,28)/t16-,17-,18-,19?,20+/m1/s1. The summed E-state index contributed by atoms with van der Waals surface area (Å²) in [5.74, 6) is 0.298. The molecule has 31 heavy (non-hydrogen) atoms. The fraction of sp³-hybridized carbons (Fsp3) is 0.696. The molecule has 0 aromatic heterocycles. The van der Waals surface area contributed by atoms with Gasteiger partial charge in [0.15, 0.2) is 11.5 Å². The Morgan fingerprint density at radius 3 is 2.52 bits per heavy atom. The summed E-state index contributed by atoms with van der Waals surface area (Å²) < 4.78 is 10.9. The molecule has 2 rings (SSSR count). The molecule has 0 radical (unpaired) electrons. The molecule has 1 aromatic carbocycles. The molecule has 1 aliphatic carbocycles. The van der Waals surface area contributed by atoms with E-state index in [2.05, 4.69) is 5.18 Å². The molecule has 1 saturated carbocycles. The minimum absolute atomic E-state index is 0.0236. The lowest BCUT2D eigenvalue weighted by Crippen LogP contribution is -2.25. The van der Waals surface area contributed by atoms with E-state index >= 15 is 0 Å². The van der Waals surface area contributed by atoms with Crippen molar-refractivity contribution in [1.82, 2.24) is 0 Å². The fourth-order valence-corrected chi connectivity index (χ4v) is 4.50. The second kappa shape index (κ2) is 13.3. The number of hydrogen-bond donors (Lipinski definition) is 3. The molecular formula is C23H35NO7. The predicted octanol–water partition coefficient (Wildman–Crippen LogP) is 3.77. The van der Waals surface area contributed by atoms with Crippen LogP contribution < -0.4 is 9.47 Å². The van der Waals surface area contributed by atoms with Gasteiger partial charge in [0, 0.05) is 6.42 Å². The number of carboxylic acid groups (broad SMARTS) is 1. The molecular weight excluding hydrogens is 402 g/mol. The van der Waals surface area contributed by atoms with Crippen LogP contribution >= 0.6 is 0 Å². The van der Waals surface area contributed by atoms with E-state index in [4.69, 9.17) is 14.6 Å². The van der Waals surface area contributed by atoms with Gasteiger partial charge >= 0.3 is 5.97 Å². The summed E-state index contributed by atoms with van der Waals surface area (Å²) in [7, 11) is 1.56. The highest BCUT2D eigenvalue weighted by atomic mass is 16.5. The molecule has 1 fully saturated rings. The van der Waals surface area contributed by atoms with Crippen molar-refractivity contribution >= 4 is 5.97 Å². The number of nitroso groups, excluding NO2 is 1. The highest BCUT2D eigenvalue weighted by molar-refractivity contribution is 5.66. The number of rotatable bonds is 15. The number of aliphatic hydroxyl groups is 2. The van der Waals surface area contributed by atoms with E-state index in [1.807, 2.05) is 12.1 Å². The molecule has 0 amide bonds. The summed E-state index contributed by atoms with van der Waals surface area (Å²) in [6, 6.07) is 6.80. The van der Waals surface area contributed by atoms with Gasteiger partial charge in [0.05, 0.1) is 25.4 Å². The lowest BCUT2D eigenvalue weighted by Gasteiger charge is -2.24. The van der Waals surface area contributed by atoms with Gasteiger partial charge in [0.2, 0.25) is 0 Å². The van der Waals surface area contributed by atoms with Gasteiger partial charge < -0.3 is 24.8 Å². The van der Waals surface area contributed by atoms with Crippen LogP contribution in [0, 0.1) is 16.7 Å². The summed E-state index contributed by atoms with van der Waals surface area (Å²) in [6.07, 6.45) is 4.38. The molecule has 1 aliphatic rings. The first kappa shape index (κ1) is 25.1. The zero-order valence-corrected chi connectivity index (χ0v) is 18.2. The van der Waals surface area contributed by atoms with Crippen molar-refractivity contribution in [2.75, 3.05) is 13.7 Å². The molecule has 5 atom stereocenters. The number of benzene rings is 1. The summed E-state index contributed by atoms with van der Waals surface area (Å²) in [6.45, 7) is 0.114. The van der Waals surface area contributed by atoms with Crippen LogP contribution in [0.2, 0.25) is 0 Å². The van der Waals surface area contributed by atoms with E-state index in [1.54, 1.807) is 19.2 Å². The average molecular weight is 438 g/mol. The Hall–Kier alpha value is -2.19. The summed E-state index contributed by atoms with van der Waals surface area (Å²) in [4.78, 5) is 21.9. The zero-order valence-electron chi connectivity index (χ0n) is 18.2. The third-order valence-corrected chi connectivity index (χ3v) is 6.17. The maximum Gasteiger partial charge on any atom is 0.303 e. The first-order valence-electron chi connectivity index (χ1n) is 11.1. The topological polar surface area (TPSA) is 126 Å². The molecule has 0 saturated heterocycles. The Kier molecular flexibility index (Phi) is 10.7. The number of aliphatic carboxylic acids is 1. The molecule has 174 valence electrons. The normalized spacial score (nSPS) is 24.0. The Bertz CT molecular complexity index is 684. The lowest BCUT2D eigenvalue weighted by atomic mass is 9.84. The third-order valence-electron chi connectivity index (χ3n) is 6.17. The zero-order chi connectivity index (χ0) is 22.6. The maximum absolute atomic E-state index is 11.3. The van der Waals surface area contributed by atoms with E-state index < -0.39 is 24.2 Å². The highest BCUT2D eigenvalue weighted by Gasteiger charge is 2.42. The van der Waals surface area contributed by atoms with Gasteiger partial charge in [-0.15, -0.1) is 0 Å². The molecule has 0 spiro atoms. The van der Waals surface area contributed by atoms with Crippen LogP contribution in [-0.2, 0) is 4.79 Å². The fourth-order valence-electron chi connectivity index (χ4n) is 4.50. The largest absolute Gasteiger partial charge is 0.493 e. The monoisotopic (exact) mass is 437 g/mol. The average Bonchev–Trinajstić information content (AvgIpc) is 3.07. The smallest absolute Gasteiger partial charge is 0.303 e. The second-order valence-electron chi connectivity index (χ2n) is 8.34. The van der Waals surface area contributed by atoms with Crippen LogP contribution in [0.1, 0.15) is 57.8 Å². The molecule has 0 heterocycles. The molecule has 1 unspecified atom stereocenters. The SMILES string of the molecule is COc1ccccc1OC[C@H](O)CC[C@H]1C(N=O)C[C@H](O)[C@@H]1CCCCCCC(=O)O. The van der Waals surface area contributed by atoms with Crippen LogP contribution in [0.4, 0.5) is 0 Å². The van der Waals surface area contributed by atoms with Crippen molar-refractivity contribution in [1.29, 1.82) is 0 Å². The quantitative estimate of drug-likeness (QED) is 0.282. The van der Waals surface area contributed by atoms with Gasteiger partial charge in [0.25, 0.3) is 0 Å². The van der Waals surface area contributed by atoms with Gasteiger partial charge in [-0.3, -0.25) is 4.79 Å². The van der Waals surface area contributed by atoms with Gasteiger partial charge in [-0.1, -0.05) is 36.6 Å². The van der Waals surface area contributed by atoms with Crippen LogP contribution in [0.15, 0.2) is 29.4 Å². The van der Waals surface area contributed by atoms with Gasteiger partial charge in [-0.2, -0.15) is 4.91 Å². The first-order valence-corrected chi connectivity index (χ1v) is 11.1. The molecule has 8 heteroatoms. The van der Waals surface area contributed by atoms with E-state index in [0.717, 1.165) is 25.7 Å². The van der Waals surface area contributed by atoms with Crippen LogP contribution in [-0.4, -0.2) is 53.3 Å². The van der Waals surface area contributed by atoms with Crippen LogP contribution in [0.3, 0.4) is 0 Å². The van der Waals surface area contributed by atoms with Crippen molar-refractivity contribution in [2.45, 2.75) is 76.0 Å². The van der Waals surface area contributed by atoms with Crippen molar-refractivity contribution < 1.29 is 29.6 Å². The molecule has 8 nitrogen and oxygen atoms in total. The van der Waals surface area contributed by atoms with Crippen molar-refractivity contribution in [2.24, 2.45) is 17.0 Å². The number of carbonyl (C=O) groups is 1. The summed E-state index contributed by atoms with van der Waals surface area (Å²) in [5.41, 5.74) is 0. The van der Waals surface area contributed by atoms with E-state index in [9.17, 15) is 19.9 Å². The van der Waals surface area contributed by atoms with Crippen LogP contribution in [0.25, 0.3) is 0 Å². The number of unbranched alkanes of at least 4 members (excludes halogenated alkanes) is 3. The Morgan fingerprint density at radius 2 is 1.84 bits per heavy atom. The predicted molar refractivity (Wildman–Crippen MR) is 116 cm³/mol. The Morgan fingerprint density at radius 1 is 1.13 bits per heavy atom. The van der Waals surface area contributed by atoms with E-state index in [1.165, 1.54) is 0 Å². The first-order chi connectivity index (χ1) is 15.0. The Balaban J connectivity index is 1.79. The van der Waals surface area contributed by atoms with Gasteiger partial charge in [-0.25, -0.2) is 0 Å². The van der Waals surface area contributed by atoms with Crippen LogP contribution in [0.5, 0.6) is 11.5 Å².